The molecule has 0 bridgehead atoms. The van der Waals surface area contributed by atoms with Gasteiger partial charge in [0, 0.05) is 12.3 Å². The molecule has 5 heteroatoms. The minimum absolute atomic E-state index is 0.428. The minimum atomic E-state index is 0.428. The Bertz CT molecular complexity index is 437. The van der Waals surface area contributed by atoms with Gasteiger partial charge in [-0.15, -0.1) is 0 Å². The van der Waals surface area contributed by atoms with Crippen LogP contribution in [0.3, 0.4) is 0 Å². The maximum atomic E-state index is 5.53. The van der Waals surface area contributed by atoms with E-state index in [0.29, 0.717) is 17.2 Å². The highest BCUT2D eigenvalue weighted by Crippen LogP contribution is 2.13. The lowest BCUT2D eigenvalue weighted by Crippen LogP contribution is -1.94. The molecule has 0 fully saturated rings. The van der Waals surface area contributed by atoms with Crippen molar-refractivity contribution < 1.29 is 0 Å². The van der Waals surface area contributed by atoms with Crippen molar-refractivity contribution in [2.24, 2.45) is 0 Å². The molecule has 2 heterocycles. The molecular weight excluding hydrogens is 178 g/mol. The van der Waals surface area contributed by atoms with E-state index in [1.807, 2.05) is 6.92 Å². The summed E-state index contributed by atoms with van der Waals surface area (Å²) in [6.45, 7) is 1.88. The smallest absolute Gasteiger partial charge is 0.127 e. The van der Waals surface area contributed by atoms with Gasteiger partial charge in [-0.2, -0.15) is 0 Å². The molecule has 0 aliphatic heterocycles. The quantitative estimate of drug-likeness (QED) is 0.715. The summed E-state index contributed by atoms with van der Waals surface area (Å²) in [6, 6.07) is 1.67. The first kappa shape index (κ1) is 8.55. The first-order chi connectivity index (χ1) is 6.75. The van der Waals surface area contributed by atoms with Crippen LogP contribution in [-0.4, -0.2) is 19.9 Å². The third-order valence-corrected chi connectivity index (χ3v) is 1.73. The van der Waals surface area contributed by atoms with Crippen molar-refractivity contribution in [2.75, 3.05) is 5.73 Å². The average molecular weight is 187 g/mol. The van der Waals surface area contributed by atoms with Crippen LogP contribution in [0.1, 0.15) is 5.69 Å². The summed E-state index contributed by atoms with van der Waals surface area (Å²) in [7, 11) is 0. The van der Waals surface area contributed by atoms with Gasteiger partial charge < -0.3 is 5.73 Å². The number of rotatable bonds is 1. The number of hydrogen-bond donors (Lipinski definition) is 1. The predicted octanol–water partition coefficient (Wildman–Crippen LogP) is 0.824. The average Bonchev–Trinajstić information content (AvgIpc) is 2.19. The molecule has 0 saturated carbocycles. The standard InChI is InChI=1S/C9H9N5/c1-6-3-12-8(4-11-6)7-2-9(10)14-5-13-7/h2-5H,1H3,(H2,10,13,14). The Balaban J connectivity index is 2.44. The maximum absolute atomic E-state index is 5.53. The van der Waals surface area contributed by atoms with Gasteiger partial charge in [0.25, 0.3) is 0 Å². The zero-order chi connectivity index (χ0) is 9.97. The number of aromatic nitrogens is 4. The van der Waals surface area contributed by atoms with E-state index in [1.165, 1.54) is 6.33 Å². The molecule has 2 aromatic rings. The van der Waals surface area contributed by atoms with Gasteiger partial charge in [0.2, 0.25) is 0 Å². The first-order valence-electron chi connectivity index (χ1n) is 4.12. The number of nitrogens with two attached hydrogens (primary N) is 1. The van der Waals surface area contributed by atoms with Gasteiger partial charge in [0.1, 0.15) is 17.8 Å². The number of anilines is 1. The van der Waals surface area contributed by atoms with E-state index in [2.05, 4.69) is 19.9 Å². The van der Waals surface area contributed by atoms with E-state index in [1.54, 1.807) is 18.5 Å². The molecule has 0 saturated heterocycles. The van der Waals surface area contributed by atoms with Crippen molar-refractivity contribution in [2.45, 2.75) is 6.92 Å². The Hall–Kier alpha value is -2.04. The molecule has 0 aromatic carbocycles. The van der Waals surface area contributed by atoms with Crippen LogP contribution < -0.4 is 5.73 Å². The second-order valence-corrected chi connectivity index (χ2v) is 2.87. The molecule has 14 heavy (non-hydrogen) atoms. The van der Waals surface area contributed by atoms with Gasteiger partial charge in [-0.3, -0.25) is 9.97 Å². The van der Waals surface area contributed by atoms with E-state index < -0.39 is 0 Å². The molecular formula is C9H9N5. The number of nitrogen functional groups attached to an aromatic ring is 1. The monoisotopic (exact) mass is 187 g/mol. The van der Waals surface area contributed by atoms with Crippen molar-refractivity contribution in [1.82, 2.24) is 19.9 Å². The van der Waals surface area contributed by atoms with Gasteiger partial charge in [0.05, 0.1) is 17.6 Å². The van der Waals surface area contributed by atoms with Crippen molar-refractivity contribution in [1.29, 1.82) is 0 Å². The van der Waals surface area contributed by atoms with Crippen LogP contribution >= 0.6 is 0 Å². The third kappa shape index (κ3) is 1.66. The van der Waals surface area contributed by atoms with Crippen LogP contribution in [0.2, 0.25) is 0 Å². The van der Waals surface area contributed by atoms with Crippen LogP contribution in [0.25, 0.3) is 11.4 Å². The Kier molecular flexibility index (Phi) is 2.06. The summed E-state index contributed by atoms with van der Waals surface area (Å²) in [4.78, 5) is 16.1. The summed E-state index contributed by atoms with van der Waals surface area (Å²) < 4.78 is 0. The Morgan fingerprint density at radius 2 is 1.86 bits per heavy atom. The van der Waals surface area contributed by atoms with Gasteiger partial charge in [-0.25, -0.2) is 9.97 Å². The Labute approximate surface area is 81.1 Å². The van der Waals surface area contributed by atoms with Crippen LogP contribution in [-0.2, 0) is 0 Å². The molecule has 0 amide bonds. The van der Waals surface area contributed by atoms with E-state index in [9.17, 15) is 0 Å². The van der Waals surface area contributed by atoms with E-state index in [-0.39, 0.29) is 0 Å². The summed E-state index contributed by atoms with van der Waals surface area (Å²) in [5.41, 5.74) is 7.78. The lowest BCUT2D eigenvalue weighted by molar-refractivity contribution is 1.10. The second kappa shape index (κ2) is 3.37. The van der Waals surface area contributed by atoms with Crippen LogP contribution in [0.15, 0.2) is 24.8 Å². The lowest BCUT2D eigenvalue weighted by Gasteiger charge is -1.99. The van der Waals surface area contributed by atoms with Crippen molar-refractivity contribution in [3.8, 4) is 11.4 Å². The second-order valence-electron chi connectivity index (χ2n) is 2.87. The van der Waals surface area contributed by atoms with Crippen LogP contribution in [0, 0.1) is 6.92 Å². The molecule has 0 spiro atoms. The van der Waals surface area contributed by atoms with Gasteiger partial charge in [-0.05, 0) is 6.92 Å². The molecule has 2 N–H and O–H groups in total. The van der Waals surface area contributed by atoms with Gasteiger partial charge in [-0.1, -0.05) is 0 Å². The number of hydrogen-bond acceptors (Lipinski definition) is 5. The zero-order valence-corrected chi connectivity index (χ0v) is 7.68. The molecule has 0 radical (unpaired) electrons. The topological polar surface area (TPSA) is 77.6 Å². The van der Waals surface area contributed by atoms with Crippen molar-refractivity contribution >= 4 is 5.82 Å². The highest BCUT2D eigenvalue weighted by Gasteiger charge is 2.01. The van der Waals surface area contributed by atoms with Crippen LogP contribution in [0.4, 0.5) is 5.82 Å². The largest absolute Gasteiger partial charge is 0.384 e. The first-order valence-corrected chi connectivity index (χ1v) is 4.12. The zero-order valence-electron chi connectivity index (χ0n) is 7.68. The molecule has 0 atom stereocenters. The normalized spacial score (nSPS) is 10.1. The Morgan fingerprint density at radius 3 is 2.50 bits per heavy atom. The minimum Gasteiger partial charge on any atom is -0.384 e. The van der Waals surface area contributed by atoms with E-state index >= 15 is 0 Å². The predicted molar refractivity (Wildman–Crippen MR) is 52.2 cm³/mol. The van der Waals surface area contributed by atoms with E-state index in [4.69, 9.17) is 5.73 Å². The number of nitrogens with zero attached hydrogens (tertiary/aromatic N) is 4. The Morgan fingerprint density at radius 1 is 1.00 bits per heavy atom. The summed E-state index contributed by atoms with van der Waals surface area (Å²) in [5.74, 6) is 0.428. The molecule has 5 nitrogen and oxygen atoms in total. The molecule has 2 aromatic heterocycles. The highest BCUT2D eigenvalue weighted by molar-refractivity contribution is 5.55. The molecule has 2 rings (SSSR count). The SMILES string of the molecule is Cc1cnc(-c2cc(N)ncn2)cn1. The third-order valence-electron chi connectivity index (χ3n) is 1.73. The van der Waals surface area contributed by atoms with Gasteiger partial charge in [0.15, 0.2) is 0 Å². The van der Waals surface area contributed by atoms with Crippen molar-refractivity contribution in [3.63, 3.8) is 0 Å². The van der Waals surface area contributed by atoms with Gasteiger partial charge >= 0.3 is 0 Å². The lowest BCUT2D eigenvalue weighted by atomic mass is 10.3. The van der Waals surface area contributed by atoms with Crippen LogP contribution in [0.5, 0.6) is 0 Å². The fraction of sp³-hybridized carbons (Fsp3) is 0.111. The molecule has 0 aliphatic rings. The molecule has 0 unspecified atom stereocenters. The highest BCUT2D eigenvalue weighted by atomic mass is 14.9. The van der Waals surface area contributed by atoms with E-state index in [0.717, 1.165) is 5.69 Å². The summed E-state index contributed by atoms with van der Waals surface area (Å²) in [6.07, 6.45) is 4.76. The molecule has 70 valence electrons. The summed E-state index contributed by atoms with van der Waals surface area (Å²) >= 11 is 0. The molecule has 0 aliphatic carbocycles. The number of aryl methyl sites for hydroxylation is 1. The maximum Gasteiger partial charge on any atom is 0.127 e. The summed E-state index contributed by atoms with van der Waals surface area (Å²) in [5, 5.41) is 0. The fourth-order valence-electron chi connectivity index (χ4n) is 1.04. The van der Waals surface area contributed by atoms with Crippen molar-refractivity contribution in [3.05, 3.63) is 30.5 Å². The fourth-order valence-corrected chi connectivity index (χ4v) is 1.04.